The van der Waals surface area contributed by atoms with Crippen LogP contribution in [0.2, 0.25) is 0 Å². The maximum atomic E-state index is 3.86. The van der Waals surface area contributed by atoms with Crippen LogP contribution in [-0.2, 0) is 6.42 Å². The molecule has 86 valence electrons. The van der Waals surface area contributed by atoms with E-state index in [0.717, 1.165) is 5.92 Å². The van der Waals surface area contributed by atoms with Gasteiger partial charge in [-0.1, -0.05) is 49.0 Å². The van der Waals surface area contributed by atoms with Crippen molar-refractivity contribution in [3.8, 4) is 0 Å². The molecule has 2 heteroatoms. The van der Waals surface area contributed by atoms with Crippen LogP contribution in [0.25, 0.3) is 0 Å². The van der Waals surface area contributed by atoms with Gasteiger partial charge in [0.25, 0.3) is 0 Å². The van der Waals surface area contributed by atoms with Crippen molar-refractivity contribution in [2.75, 3.05) is 0 Å². The molecule has 2 unspecified atom stereocenters. The molecule has 1 rings (SSSR count). The van der Waals surface area contributed by atoms with Gasteiger partial charge >= 0.3 is 0 Å². The molecule has 0 saturated carbocycles. The third kappa shape index (κ3) is 4.69. The second kappa shape index (κ2) is 7.45. The highest BCUT2D eigenvalue weighted by atomic mass is 79.9. The zero-order valence-electron chi connectivity index (χ0n) is 9.71. The molecule has 0 amide bonds. The molecule has 0 fully saturated rings. The maximum Gasteiger partial charge on any atom is 0.0214 e. The summed E-state index contributed by atoms with van der Waals surface area (Å²) in [5, 5.41) is 4.43. The smallest absolute Gasteiger partial charge is 0.0214 e. The number of halogens is 1. The van der Waals surface area contributed by atoms with E-state index in [1.165, 1.54) is 37.7 Å². The van der Waals surface area contributed by atoms with E-state index in [9.17, 15) is 0 Å². The van der Waals surface area contributed by atoms with Crippen LogP contribution < -0.4 is 0 Å². The molecule has 0 radical (unpaired) electrons. The largest absolute Gasteiger partial charge is 0.152 e. The Labute approximate surface area is 106 Å². The predicted molar refractivity (Wildman–Crippen MR) is 74.0 cm³/mol. The Bertz CT molecular complexity index is 243. The van der Waals surface area contributed by atoms with Crippen molar-refractivity contribution in [1.29, 1.82) is 0 Å². The molecule has 0 aliphatic carbocycles. The molecule has 0 aliphatic heterocycles. The van der Waals surface area contributed by atoms with E-state index in [-0.39, 0.29) is 0 Å². The molecule has 0 bridgehead atoms. The molecule has 2 atom stereocenters. The zero-order chi connectivity index (χ0) is 11.1. The van der Waals surface area contributed by atoms with Gasteiger partial charge in [0, 0.05) is 4.83 Å². The minimum absolute atomic E-state index is 0.656. The zero-order valence-corrected chi connectivity index (χ0v) is 12.1. The maximum absolute atomic E-state index is 3.86. The number of hydrogen-bond donors (Lipinski definition) is 0. The van der Waals surface area contributed by atoms with Crippen molar-refractivity contribution in [3.05, 3.63) is 22.4 Å². The molecule has 15 heavy (non-hydrogen) atoms. The van der Waals surface area contributed by atoms with Gasteiger partial charge in [0.2, 0.25) is 0 Å². The fraction of sp³-hybridized carbons (Fsp3) is 0.692. The summed E-state index contributed by atoms with van der Waals surface area (Å²) in [5.41, 5.74) is 1.48. The second-order valence-electron chi connectivity index (χ2n) is 4.16. The average molecular weight is 289 g/mol. The van der Waals surface area contributed by atoms with Crippen LogP contribution >= 0.6 is 27.3 Å². The number of thiophene rings is 1. The summed E-state index contributed by atoms with van der Waals surface area (Å²) in [5.74, 6) is 0.838. The molecule has 1 aromatic rings. The van der Waals surface area contributed by atoms with E-state index in [4.69, 9.17) is 0 Å². The standard InChI is InChI=1S/C13H21BrS/c1-3-5-6-12(4-2)13(14)9-11-7-8-15-10-11/h7-8,10,12-13H,3-6,9H2,1-2H3. The summed E-state index contributed by atoms with van der Waals surface area (Å²) in [6.45, 7) is 4.58. The van der Waals surface area contributed by atoms with E-state index in [1.807, 2.05) is 0 Å². The highest BCUT2D eigenvalue weighted by molar-refractivity contribution is 9.09. The Hall–Kier alpha value is 0.180. The van der Waals surface area contributed by atoms with Gasteiger partial charge in [-0.25, -0.2) is 0 Å². The molecule has 0 saturated heterocycles. The average Bonchev–Trinajstić information content (AvgIpc) is 2.71. The van der Waals surface area contributed by atoms with Gasteiger partial charge in [-0.05, 0) is 41.1 Å². The fourth-order valence-electron chi connectivity index (χ4n) is 1.91. The van der Waals surface area contributed by atoms with Crippen molar-refractivity contribution in [1.82, 2.24) is 0 Å². The Morgan fingerprint density at radius 1 is 1.40 bits per heavy atom. The van der Waals surface area contributed by atoms with Crippen molar-refractivity contribution in [2.45, 2.75) is 50.8 Å². The molecule has 0 aromatic carbocycles. The molecular formula is C13H21BrS. The van der Waals surface area contributed by atoms with E-state index in [0.29, 0.717) is 4.83 Å². The summed E-state index contributed by atoms with van der Waals surface area (Å²) in [6.07, 6.45) is 6.53. The molecule has 1 aromatic heterocycles. The van der Waals surface area contributed by atoms with Gasteiger partial charge in [0.1, 0.15) is 0 Å². The number of hydrogen-bond acceptors (Lipinski definition) is 1. The lowest BCUT2D eigenvalue weighted by molar-refractivity contribution is 0.438. The monoisotopic (exact) mass is 288 g/mol. The van der Waals surface area contributed by atoms with Crippen LogP contribution in [-0.4, -0.2) is 4.83 Å². The summed E-state index contributed by atoms with van der Waals surface area (Å²) in [7, 11) is 0. The van der Waals surface area contributed by atoms with Gasteiger partial charge in [0.15, 0.2) is 0 Å². The van der Waals surface area contributed by atoms with Crippen molar-refractivity contribution in [2.24, 2.45) is 5.92 Å². The van der Waals surface area contributed by atoms with Crippen LogP contribution in [0.1, 0.15) is 45.1 Å². The lowest BCUT2D eigenvalue weighted by atomic mass is 9.93. The van der Waals surface area contributed by atoms with E-state index < -0.39 is 0 Å². The van der Waals surface area contributed by atoms with Gasteiger partial charge in [-0.2, -0.15) is 11.3 Å². The fourth-order valence-corrected chi connectivity index (χ4v) is 3.60. The minimum atomic E-state index is 0.656. The molecule has 0 nitrogen and oxygen atoms in total. The SMILES string of the molecule is CCCCC(CC)C(Br)Cc1ccsc1. The van der Waals surface area contributed by atoms with Crippen molar-refractivity contribution >= 4 is 27.3 Å². The number of unbranched alkanes of at least 4 members (excludes halogenated alkanes) is 1. The Morgan fingerprint density at radius 3 is 2.73 bits per heavy atom. The first-order valence-electron chi connectivity index (χ1n) is 5.93. The normalized spacial score (nSPS) is 15.1. The highest BCUT2D eigenvalue weighted by Crippen LogP contribution is 2.26. The summed E-state index contributed by atoms with van der Waals surface area (Å²) in [4.78, 5) is 0.656. The lowest BCUT2D eigenvalue weighted by Crippen LogP contribution is -2.16. The van der Waals surface area contributed by atoms with Gasteiger partial charge < -0.3 is 0 Å². The molecule has 1 heterocycles. The lowest BCUT2D eigenvalue weighted by Gasteiger charge is -2.20. The Balaban J connectivity index is 2.39. The number of rotatable bonds is 7. The van der Waals surface area contributed by atoms with Crippen LogP contribution in [0.3, 0.4) is 0 Å². The predicted octanol–water partition coefficient (Wildman–Crippen LogP) is 5.27. The minimum Gasteiger partial charge on any atom is -0.152 e. The molecule has 0 spiro atoms. The summed E-state index contributed by atoms with van der Waals surface area (Å²) < 4.78 is 0. The number of alkyl halides is 1. The summed E-state index contributed by atoms with van der Waals surface area (Å²) >= 11 is 5.66. The first-order valence-corrected chi connectivity index (χ1v) is 7.78. The second-order valence-corrected chi connectivity index (χ2v) is 6.12. The highest BCUT2D eigenvalue weighted by Gasteiger charge is 2.16. The quantitative estimate of drug-likeness (QED) is 0.600. The Kier molecular flexibility index (Phi) is 6.58. The van der Waals surface area contributed by atoms with Gasteiger partial charge in [-0.3, -0.25) is 0 Å². The molecular weight excluding hydrogens is 268 g/mol. The van der Waals surface area contributed by atoms with Crippen LogP contribution in [0, 0.1) is 5.92 Å². The first kappa shape index (κ1) is 13.2. The summed E-state index contributed by atoms with van der Waals surface area (Å²) in [6, 6.07) is 2.24. The van der Waals surface area contributed by atoms with Crippen molar-refractivity contribution < 1.29 is 0 Å². The van der Waals surface area contributed by atoms with Crippen LogP contribution in [0.15, 0.2) is 16.8 Å². The van der Waals surface area contributed by atoms with Crippen LogP contribution in [0.5, 0.6) is 0 Å². The topological polar surface area (TPSA) is 0 Å². The van der Waals surface area contributed by atoms with E-state index in [1.54, 1.807) is 11.3 Å². The molecule has 0 aliphatic rings. The Morgan fingerprint density at radius 2 is 2.20 bits per heavy atom. The van der Waals surface area contributed by atoms with Crippen molar-refractivity contribution in [3.63, 3.8) is 0 Å². The van der Waals surface area contributed by atoms with E-state index >= 15 is 0 Å². The third-order valence-corrected chi connectivity index (χ3v) is 4.78. The van der Waals surface area contributed by atoms with Gasteiger partial charge in [0.05, 0.1) is 0 Å². The third-order valence-electron chi connectivity index (χ3n) is 2.98. The first-order chi connectivity index (χ1) is 7.27. The van der Waals surface area contributed by atoms with E-state index in [2.05, 4.69) is 46.6 Å². The molecule has 0 N–H and O–H groups in total. The van der Waals surface area contributed by atoms with Crippen LogP contribution in [0.4, 0.5) is 0 Å². The van der Waals surface area contributed by atoms with Gasteiger partial charge in [-0.15, -0.1) is 0 Å².